The van der Waals surface area contributed by atoms with Gasteiger partial charge >= 0.3 is 0 Å². The summed E-state index contributed by atoms with van der Waals surface area (Å²) in [4.78, 5) is 24.0. The van der Waals surface area contributed by atoms with Gasteiger partial charge in [0.25, 0.3) is 0 Å². The molecule has 0 aliphatic carbocycles. The average Bonchev–Trinajstić information content (AvgIpc) is 3.39. The highest BCUT2D eigenvalue weighted by molar-refractivity contribution is 5.98. The largest absolute Gasteiger partial charge is 0.369 e. The van der Waals surface area contributed by atoms with Crippen LogP contribution in [-0.2, 0) is 16.1 Å². The molecule has 0 spiro atoms. The van der Waals surface area contributed by atoms with Crippen molar-refractivity contribution in [2.45, 2.75) is 50.9 Å². The first-order valence-electron chi connectivity index (χ1n) is 12.9. The van der Waals surface area contributed by atoms with E-state index in [1.807, 2.05) is 18.2 Å². The summed E-state index contributed by atoms with van der Waals surface area (Å²) in [6.45, 7) is 10.3. The van der Waals surface area contributed by atoms with Gasteiger partial charge in [0.2, 0.25) is 11.8 Å². The molecule has 0 bridgehead atoms. The van der Waals surface area contributed by atoms with Crippen molar-refractivity contribution in [3.8, 4) is 0 Å². The Bertz CT molecular complexity index is 940. The van der Waals surface area contributed by atoms with Gasteiger partial charge in [0.15, 0.2) is 0 Å². The number of hydrogen-bond acceptors (Lipinski definition) is 6. The van der Waals surface area contributed by atoms with Crippen LogP contribution in [0.3, 0.4) is 0 Å². The molecule has 1 aromatic rings. The zero-order valence-corrected chi connectivity index (χ0v) is 21.4. The zero-order chi connectivity index (χ0) is 25.2. The van der Waals surface area contributed by atoms with Crippen LogP contribution in [0.1, 0.15) is 31.7 Å². The quantitative estimate of drug-likeness (QED) is 0.309. The number of carbonyl (C=O) groups is 2. The summed E-state index contributed by atoms with van der Waals surface area (Å²) < 4.78 is 0.919. The minimum Gasteiger partial charge on any atom is -0.369 e. The second kappa shape index (κ2) is 10.8. The van der Waals surface area contributed by atoms with Gasteiger partial charge in [-0.2, -0.15) is 5.01 Å². The number of anilines is 1. The Labute approximate surface area is 209 Å². The van der Waals surface area contributed by atoms with Crippen LogP contribution in [-0.4, -0.2) is 84.8 Å². The summed E-state index contributed by atoms with van der Waals surface area (Å²) in [5.74, 6) is -0.108. The summed E-state index contributed by atoms with van der Waals surface area (Å²) >= 11 is 0. The number of fused-ring (bicyclic) bond motifs is 1. The molecule has 3 aliphatic heterocycles. The first-order valence-corrected chi connectivity index (χ1v) is 12.9. The zero-order valence-electron chi connectivity index (χ0n) is 21.4. The van der Waals surface area contributed by atoms with Crippen LogP contribution in [0, 0.1) is 11.8 Å². The number of carbonyl (C=O) groups excluding carboxylic acids is 2. The molecular weight excluding hydrogens is 442 g/mol. The number of nitrogens with one attached hydrogen (secondary N) is 3. The number of benzene rings is 1. The van der Waals surface area contributed by atoms with Gasteiger partial charge in [-0.3, -0.25) is 15.0 Å². The molecule has 192 valence electrons. The molecule has 35 heavy (non-hydrogen) atoms. The van der Waals surface area contributed by atoms with Crippen molar-refractivity contribution in [2.75, 3.05) is 45.6 Å². The molecule has 0 radical (unpaired) electrons. The monoisotopic (exact) mass is 484 g/mol. The Kier molecular flexibility index (Phi) is 7.92. The second-order valence-electron chi connectivity index (χ2n) is 10.5. The van der Waals surface area contributed by atoms with E-state index >= 15 is 0 Å². The fourth-order valence-electron chi connectivity index (χ4n) is 6.84. The lowest BCUT2D eigenvalue weighted by atomic mass is 9.85. The Morgan fingerprint density at radius 2 is 2.14 bits per heavy atom. The predicted molar refractivity (Wildman–Crippen MR) is 138 cm³/mol. The van der Waals surface area contributed by atoms with Gasteiger partial charge in [0.05, 0.1) is 25.0 Å². The van der Waals surface area contributed by atoms with E-state index in [4.69, 9.17) is 5.73 Å². The van der Waals surface area contributed by atoms with E-state index in [0.29, 0.717) is 18.5 Å². The Morgan fingerprint density at radius 3 is 2.80 bits per heavy atom. The Balaban J connectivity index is 1.62. The van der Waals surface area contributed by atoms with Crippen LogP contribution >= 0.6 is 0 Å². The van der Waals surface area contributed by atoms with E-state index < -0.39 is 0 Å². The third-order valence-corrected chi connectivity index (χ3v) is 8.44. The van der Waals surface area contributed by atoms with Crippen LogP contribution in [0.5, 0.6) is 0 Å². The lowest BCUT2D eigenvalue weighted by Gasteiger charge is -2.51. The molecule has 9 heteroatoms. The molecule has 9 nitrogen and oxygen atoms in total. The van der Waals surface area contributed by atoms with Crippen molar-refractivity contribution in [3.05, 3.63) is 42.5 Å². The summed E-state index contributed by atoms with van der Waals surface area (Å²) in [6, 6.07) is 8.90. The summed E-state index contributed by atoms with van der Waals surface area (Å²) in [5, 5.41) is 11.5. The van der Waals surface area contributed by atoms with Crippen LogP contribution in [0.15, 0.2) is 36.9 Å². The van der Waals surface area contributed by atoms with Gasteiger partial charge in [0, 0.05) is 51.3 Å². The van der Waals surface area contributed by atoms with Gasteiger partial charge in [-0.25, -0.2) is 9.60 Å². The average molecular weight is 485 g/mol. The van der Waals surface area contributed by atoms with Crippen molar-refractivity contribution < 1.29 is 14.2 Å². The van der Waals surface area contributed by atoms with Gasteiger partial charge in [0.1, 0.15) is 12.6 Å². The van der Waals surface area contributed by atoms with Crippen molar-refractivity contribution in [2.24, 2.45) is 17.6 Å². The molecule has 6 unspecified atom stereocenters. The number of hydrogen-bond donors (Lipinski definition) is 4. The minimum absolute atomic E-state index is 0.131. The third kappa shape index (κ3) is 5.15. The number of hydrazine groups is 1. The standard InChI is InChI=1S/C26H41N7O2/c1-5-12-33-17-21(22-10-11-29-32(22)4)25(23(33)14-19(26(27)35)16-31(33)3)28-15-18-8-7-9-20(13-18)30-24(34)6-2/h6-9,13,19,21-23,25,28-29H,2,5,10-12,14-17H2,1,3-4H3,(H2-,27,30,34,35)/p+1. The van der Waals surface area contributed by atoms with E-state index in [2.05, 4.69) is 59.7 Å². The molecule has 4 rings (SSSR count). The van der Waals surface area contributed by atoms with Gasteiger partial charge in [-0.15, -0.1) is 0 Å². The molecular formula is C26H42N7O2+. The fraction of sp³-hybridized carbons (Fsp3) is 0.615. The number of rotatable bonds is 9. The highest BCUT2D eigenvalue weighted by atomic mass is 16.2. The minimum atomic E-state index is -0.216. The molecule has 3 heterocycles. The summed E-state index contributed by atoms with van der Waals surface area (Å²) in [7, 11) is 4.32. The van der Waals surface area contributed by atoms with Crippen molar-refractivity contribution in [3.63, 3.8) is 0 Å². The first kappa shape index (κ1) is 25.8. The lowest BCUT2D eigenvalue weighted by molar-refractivity contribution is -1.05. The smallest absolute Gasteiger partial charge is 0.247 e. The van der Waals surface area contributed by atoms with Crippen LogP contribution in [0.4, 0.5) is 5.69 Å². The lowest BCUT2D eigenvalue weighted by Crippen LogP contribution is -2.69. The van der Waals surface area contributed by atoms with E-state index in [0.717, 1.165) is 61.3 Å². The molecule has 1 aromatic carbocycles. The molecule has 0 aromatic heterocycles. The highest BCUT2D eigenvalue weighted by Crippen LogP contribution is 2.43. The van der Waals surface area contributed by atoms with Crippen molar-refractivity contribution in [1.82, 2.24) is 20.8 Å². The van der Waals surface area contributed by atoms with Gasteiger partial charge in [-0.1, -0.05) is 25.6 Å². The Hall–Kier alpha value is -2.30. The van der Waals surface area contributed by atoms with Gasteiger partial charge in [-0.05, 0) is 36.6 Å². The summed E-state index contributed by atoms with van der Waals surface area (Å²) in [6.07, 6.45) is 4.29. The topological polar surface area (TPSA) is 103 Å². The molecule has 5 N–H and O–H groups in total. The molecule has 3 fully saturated rings. The fourth-order valence-corrected chi connectivity index (χ4v) is 6.84. The van der Waals surface area contributed by atoms with E-state index in [1.165, 1.54) is 6.08 Å². The molecule has 6 atom stereocenters. The second-order valence-corrected chi connectivity index (χ2v) is 10.5. The normalized spacial score (nSPS) is 33.4. The summed E-state index contributed by atoms with van der Waals surface area (Å²) in [5.41, 5.74) is 11.2. The maximum absolute atomic E-state index is 12.3. The number of primary amides is 1. The molecule has 3 saturated heterocycles. The van der Waals surface area contributed by atoms with Gasteiger partial charge < -0.3 is 16.4 Å². The van der Waals surface area contributed by atoms with Crippen LogP contribution in [0.25, 0.3) is 0 Å². The SMILES string of the molecule is C=CC(=O)Nc1cccc(CNC2C(C3CCNN3C)C[N+]3(CCC)C2CC(C(N)=O)CN3C)c1. The number of nitrogens with zero attached hydrogens (tertiary/aromatic N) is 3. The maximum Gasteiger partial charge on any atom is 0.247 e. The van der Waals surface area contributed by atoms with E-state index in [9.17, 15) is 9.59 Å². The van der Waals surface area contributed by atoms with Crippen LogP contribution in [0.2, 0.25) is 0 Å². The molecule has 0 saturated carbocycles. The van der Waals surface area contributed by atoms with Crippen molar-refractivity contribution in [1.29, 1.82) is 0 Å². The molecule has 2 amide bonds. The third-order valence-electron chi connectivity index (χ3n) is 8.44. The molecule has 3 aliphatic rings. The van der Waals surface area contributed by atoms with Crippen molar-refractivity contribution >= 4 is 17.5 Å². The Morgan fingerprint density at radius 1 is 1.34 bits per heavy atom. The first-order chi connectivity index (χ1) is 16.8. The maximum atomic E-state index is 12.3. The van der Waals surface area contributed by atoms with Crippen LogP contribution < -0.4 is 21.8 Å². The highest BCUT2D eigenvalue weighted by Gasteiger charge is 2.61. The number of quaternary nitrogens is 1. The number of amides is 2. The van der Waals surface area contributed by atoms with E-state index in [1.54, 1.807) is 0 Å². The number of nitrogens with two attached hydrogens (primary N) is 1. The van der Waals surface area contributed by atoms with E-state index in [-0.39, 0.29) is 29.8 Å². The predicted octanol–water partition coefficient (Wildman–Crippen LogP) is 1.06.